The third-order valence-corrected chi connectivity index (χ3v) is 5.50. The molecule has 1 unspecified atom stereocenters. The summed E-state index contributed by atoms with van der Waals surface area (Å²) in [5.41, 5.74) is 2.40. The van der Waals surface area contributed by atoms with Crippen LogP contribution in [0.5, 0.6) is 0 Å². The van der Waals surface area contributed by atoms with Gasteiger partial charge in [-0.05, 0) is 31.0 Å². The lowest BCUT2D eigenvalue weighted by Gasteiger charge is -2.32. The van der Waals surface area contributed by atoms with Gasteiger partial charge in [-0.3, -0.25) is 4.79 Å². The van der Waals surface area contributed by atoms with Gasteiger partial charge in [-0.15, -0.1) is 0 Å². The Morgan fingerprint density at radius 3 is 2.73 bits per heavy atom. The Balaban J connectivity index is 1.93. The molecule has 1 aliphatic heterocycles. The number of halogens is 1. The summed E-state index contributed by atoms with van der Waals surface area (Å²) in [5, 5.41) is 13.2. The number of aryl methyl sites for hydroxylation is 1. The fraction of sp³-hybridized carbons (Fsp3) is 0.391. The summed E-state index contributed by atoms with van der Waals surface area (Å²) in [6.45, 7) is 7.38. The molecule has 0 saturated heterocycles. The smallest absolute Gasteiger partial charge is 0.220 e. The van der Waals surface area contributed by atoms with Gasteiger partial charge in [0.05, 0.1) is 11.9 Å². The molecule has 2 heterocycles. The SMILES string of the molecule is C=C(C1=C(N(C)C=O)NC(OCc2ncc(C)o2)N1Cc1ccc(Cl)cc1)N(C)CCCO. The van der Waals surface area contributed by atoms with E-state index >= 15 is 0 Å². The highest BCUT2D eigenvalue weighted by molar-refractivity contribution is 6.30. The summed E-state index contributed by atoms with van der Waals surface area (Å²) in [5.74, 6) is 1.72. The first-order valence-corrected chi connectivity index (χ1v) is 11.0. The minimum absolute atomic E-state index is 0.0752. The number of hydrogen-bond donors (Lipinski definition) is 2. The number of aliphatic hydroxyl groups is 1. The normalized spacial score (nSPS) is 15.5. The highest BCUT2D eigenvalue weighted by Gasteiger charge is 2.36. The molecule has 0 bridgehead atoms. The number of oxazole rings is 1. The van der Waals surface area contributed by atoms with Crippen molar-refractivity contribution in [1.82, 2.24) is 25.0 Å². The molecular formula is C23H30ClN5O4. The van der Waals surface area contributed by atoms with Crippen molar-refractivity contribution in [1.29, 1.82) is 0 Å². The molecule has 9 nitrogen and oxygen atoms in total. The van der Waals surface area contributed by atoms with Crippen LogP contribution in [0.15, 0.2) is 58.7 Å². The van der Waals surface area contributed by atoms with Crippen LogP contribution in [0.1, 0.15) is 23.6 Å². The Morgan fingerprint density at radius 2 is 2.12 bits per heavy atom. The maximum absolute atomic E-state index is 11.7. The van der Waals surface area contributed by atoms with Gasteiger partial charge in [-0.1, -0.05) is 30.3 Å². The van der Waals surface area contributed by atoms with Gasteiger partial charge >= 0.3 is 0 Å². The minimum Gasteiger partial charge on any atom is -0.443 e. The predicted molar refractivity (Wildman–Crippen MR) is 124 cm³/mol. The van der Waals surface area contributed by atoms with Crippen molar-refractivity contribution in [3.05, 3.63) is 76.5 Å². The second-order valence-corrected chi connectivity index (χ2v) is 8.22. The molecule has 2 aromatic rings. The lowest BCUT2D eigenvalue weighted by atomic mass is 10.2. The van der Waals surface area contributed by atoms with E-state index < -0.39 is 6.35 Å². The second kappa shape index (κ2) is 11.2. The third-order valence-electron chi connectivity index (χ3n) is 5.25. The van der Waals surface area contributed by atoms with Gasteiger partial charge in [-0.2, -0.15) is 0 Å². The number of aliphatic hydroxyl groups excluding tert-OH is 1. The van der Waals surface area contributed by atoms with E-state index in [4.69, 9.17) is 20.8 Å². The fourth-order valence-electron chi connectivity index (χ4n) is 3.46. The van der Waals surface area contributed by atoms with Crippen molar-refractivity contribution in [3.63, 3.8) is 0 Å². The van der Waals surface area contributed by atoms with Crippen LogP contribution in [0, 0.1) is 6.92 Å². The zero-order chi connectivity index (χ0) is 24.0. The highest BCUT2D eigenvalue weighted by Crippen LogP contribution is 2.31. The van der Waals surface area contributed by atoms with Gasteiger partial charge in [-0.25, -0.2) is 4.98 Å². The van der Waals surface area contributed by atoms with Crippen molar-refractivity contribution in [2.45, 2.75) is 32.8 Å². The molecule has 1 amide bonds. The van der Waals surface area contributed by atoms with Gasteiger partial charge < -0.3 is 34.3 Å². The highest BCUT2D eigenvalue weighted by atomic mass is 35.5. The van der Waals surface area contributed by atoms with Crippen LogP contribution in [0.2, 0.25) is 5.02 Å². The van der Waals surface area contributed by atoms with E-state index in [1.54, 1.807) is 13.2 Å². The molecular weight excluding hydrogens is 446 g/mol. The van der Waals surface area contributed by atoms with E-state index in [2.05, 4.69) is 16.9 Å². The Kier molecular flexibility index (Phi) is 8.37. The summed E-state index contributed by atoms with van der Waals surface area (Å²) in [4.78, 5) is 21.3. The van der Waals surface area contributed by atoms with Crippen LogP contribution in [0.25, 0.3) is 0 Å². The summed E-state index contributed by atoms with van der Waals surface area (Å²) in [7, 11) is 3.56. The Bertz CT molecular complexity index is 991. The topological polar surface area (TPSA) is 94.3 Å². The monoisotopic (exact) mass is 475 g/mol. The molecule has 2 N–H and O–H groups in total. The molecule has 1 aromatic heterocycles. The van der Waals surface area contributed by atoms with Crippen LogP contribution in [0.4, 0.5) is 0 Å². The molecule has 0 saturated carbocycles. The van der Waals surface area contributed by atoms with Crippen molar-refractivity contribution < 1.29 is 19.1 Å². The summed E-state index contributed by atoms with van der Waals surface area (Å²) < 4.78 is 11.7. The number of amides is 1. The first-order valence-electron chi connectivity index (χ1n) is 10.6. The Morgan fingerprint density at radius 1 is 1.39 bits per heavy atom. The quantitative estimate of drug-likeness (QED) is 0.452. The number of aromatic nitrogens is 1. The standard InChI is InChI=1S/C23H30ClN5O4/c1-16-12-25-20(33-16)14-32-23-26-22(28(4)15-31)21(17(2)27(3)10-5-11-30)29(23)13-18-6-8-19(24)9-7-18/h6-9,12,15,23,26,30H,2,5,10-11,13-14H2,1,3-4H3. The first kappa shape index (κ1) is 24.6. The molecule has 3 rings (SSSR count). The Hall–Kier alpha value is -3.01. The maximum atomic E-state index is 11.7. The number of ether oxygens (including phenoxy) is 1. The molecule has 178 valence electrons. The lowest BCUT2D eigenvalue weighted by molar-refractivity contribution is -0.116. The molecule has 0 fully saturated rings. The number of rotatable bonds is 12. The van der Waals surface area contributed by atoms with Crippen LogP contribution in [-0.4, -0.2) is 64.8 Å². The van der Waals surface area contributed by atoms with Gasteiger partial charge in [0.15, 0.2) is 0 Å². The molecule has 0 aliphatic carbocycles. The number of nitrogens with one attached hydrogen (secondary N) is 1. The van der Waals surface area contributed by atoms with Gasteiger partial charge in [0.25, 0.3) is 0 Å². The van der Waals surface area contributed by atoms with E-state index in [1.807, 2.05) is 48.0 Å². The number of carbonyl (C=O) groups excluding carboxylic acids is 1. The van der Waals surface area contributed by atoms with E-state index in [-0.39, 0.29) is 13.2 Å². The molecule has 1 atom stereocenters. The number of carbonyl (C=O) groups is 1. The maximum Gasteiger partial charge on any atom is 0.220 e. The summed E-state index contributed by atoms with van der Waals surface area (Å²) >= 11 is 6.07. The zero-order valence-corrected chi connectivity index (χ0v) is 19.9. The molecule has 1 aliphatic rings. The first-order chi connectivity index (χ1) is 15.8. The molecule has 1 aromatic carbocycles. The largest absolute Gasteiger partial charge is 0.443 e. The summed E-state index contributed by atoms with van der Waals surface area (Å²) in [6, 6.07) is 7.54. The van der Waals surface area contributed by atoms with E-state index in [0.29, 0.717) is 53.4 Å². The van der Waals surface area contributed by atoms with Crippen LogP contribution < -0.4 is 5.32 Å². The van der Waals surface area contributed by atoms with Crippen molar-refractivity contribution in [2.24, 2.45) is 0 Å². The third kappa shape index (κ3) is 6.07. The fourth-order valence-corrected chi connectivity index (χ4v) is 3.59. The minimum atomic E-state index is -0.608. The van der Waals surface area contributed by atoms with Crippen LogP contribution in [0.3, 0.4) is 0 Å². The molecule has 33 heavy (non-hydrogen) atoms. The predicted octanol–water partition coefficient (Wildman–Crippen LogP) is 2.63. The van der Waals surface area contributed by atoms with Crippen molar-refractivity contribution >= 4 is 18.0 Å². The van der Waals surface area contributed by atoms with Crippen molar-refractivity contribution in [2.75, 3.05) is 27.2 Å². The Labute approximate surface area is 198 Å². The average Bonchev–Trinajstić information content (AvgIpc) is 3.39. The van der Waals surface area contributed by atoms with E-state index in [0.717, 1.165) is 12.0 Å². The zero-order valence-electron chi connectivity index (χ0n) is 19.1. The van der Waals surface area contributed by atoms with Gasteiger partial charge in [0.1, 0.15) is 23.9 Å². The van der Waals surface area contributed by atoms with Crippen LogP contribution in [-0.2, 0) is 22.7 Å². The van der Waals surface area contributed by atoms with Crippen LogP contribution >= 0.6 is 11.6 Å². The molecule has 10 heteroatoms. The van der Waals surface area contributed by atoms with E-state index in [1.165, 1.54) is 4.90 Å². The number of likely N-dealkylation sites (N-methyl/N-ethyl adjacent to an activating group) is 1. The second-order valence-electron chi connectivity index (χ2n) is 7.79. The number of benzene rings is 1. The molecule has 0 spiro atoms. The number of nitrogens with zero attached hydrogens (tertiary/aromatic N) is 4. The van der Waals surface area contributed by atoms with Gasteiger partial charge in [0, 0.05) is 38.8 Å². The van der Waals surface area contributed by atoms with Crippen molar-refractivity contribution in [3.8, 4) is 0 Å². The van der Waals surface area contributed by atoms with Gasteiger partial charge in [0.2, 0.25) is 18.7 Å². The average molecular weight is 476 g/mol. The summed E-state index contributed by atoms with van der Waals surface area (Å²) in [6.07, 6.45) is 2.35. The number of hydrogen-bond acceptors (Lipinski definition) is 8. The van der Waals surface area contributed by atoms with E-state index in [9.17, 15) is 9.90 Å². The lowest BCUT2D eigenvalue weighted by Crippen LogP contribution is -2.41. The molecule has 0 radical (unpaired) electrons.